The minimum absolute atomic E-state index is 0.0124. The predicted octanol–water partition coefficient (Wildman–Crippen LogP) is 1.99. The van der Waals surface area contributed by atoms with Crippen molar-refractivity contribution in [2.45, 2.75) is 49.5 Å². The maximum Gasteiger partial charge on any atom is 0.264 e. The van der Waals surface area contributed by atoms with Crippen LogP contribution in [0.4, 0.5) is 5.69 Å². The van der Waals surface area contributed by atoms with Crippen LogP contribution in [0.3, 0.4) is 0 Å². The fraction of sp³-hybridized carbons (Fsp3) is 0.632. The molecule has 1 spiro atoms. The van der Waals surface area contributed by atoms with E-state index in [1.54, 1.807) is 7.11 Å². The van der Waals surface area contributed by atoms with Crippen LogP contribution < -0.4 is 5.06 Å². The summed E-state index contributed by atoms with van der Waals surface area (Å²) in [6.45, 7) is 2.93. The second kappa shape index (κ2) is 4.43. The zero-order valence-electron chi connectivity index (χ0n) is 14.5. The van der Waals surface area contributed by atoms with E-state index in [1.807, 2.05) is 18.2 Å². The second-order valence-electron chi connectivity index (χ2n) is 7.99. The number of para-hydroxylation sites is 1. The van der Waals surface area contributed by atoms with Crippen LogP contribution in [0.25, 0.3) is 0 Å². The van der Waals surface area contributed by atoms with Crippen LogP contribution in [-0.4, -0.2) is 42.6 Å². The number of carbonyl (C=O) groups is 1. The Bertz CT molecular complexity index is 784. The number of anilines is 1. The predicted molar refractivity (Wildman–Crippen MR) is 88.3 cm³/mol. The van der Waals surface area contributed by atoms with Crippen LogP contribution in [0, 0.1) is 11.8 Å². The molecule has 1 aromatic carbocycles. The van der Waals surface area contributed by atoms with Crippen molar-refractivity contribution in [1.82, 2.24) is 5.06 Å². The Kier molecular flexibility index (Phi) is 2.60. The second-order valence-corrected chi connectivity index (χ2v) is 7.99. The highest BCUT2D eigenvalue weighted by Crippen LogP contribution is 2.67. The molecule has 6 nitrogen and oxygen atoms in total. The molecule has 1 saturated carbocycles. The van der Waals surface area contributed by atoms with Gasteiger partial charge in [-0.1, -0.05) is 25.1 Å². The van der Waals surface area contributed by atoms with Gasteiger partial charge < -0.3 is 4.74 Å². The minimum Gasteiger partial charge on any atom is -0.376 e. The van der Waals surface area contributed by atoms with Gasteiger partial charge in [-0.15, -0.1) is 5.06 Å². The number of hydrogen-bond donors (Lipinski definition) is 0. The summed E-state index contributed by atoms with van der Waals surface area (Å²) in [7, 11) is 1.56. The average molecular weight is 342 g/mol. The zero-order valence-corrected chi connectivity index (χ0v) is 14.5. The van der Waals surface area contributed by atoms with Crippen LogP contribution in [0.2, 0.25) is 0 Å². The van der Waals surface area contributed by atoms with Gasteiger partial charge in [-0.3, -0.25) is 14.5 Å². The fourth-order valence-electron chi connectivity index (χ4n) is 6.26. The van der Waals surface area contributed by atoms with Gasteiger partial charge in [0.25, 0.3) is 5.91 Å². The lowest BCUT2D eigenvalue weighted by Crippen LogP contribution is -2.52. The summed E-state index contributed by atoms with van der Waals surface area (Å²) >= 11 is 0. The third-order valence-electron chi connectivity index (χ3n) is 7.39. The van der Waals surface area contributed by atoms with Gasteiger partial charge in [-0.2, -0.15) is 5.06 Å². The number of nitrogens with zero attached hydrogens (tertiary/aromatic N) is 2. The number of carbonyl (C=O) groups excluding carboxylic acids is 1. The monoisotopic (exact) mass is 342 g/mol. The molecule has 6 heteroatoms. The number of hydroxylamine groups is 3. The Morgan fingerprint density at radius 2 is 2.20 bits per heavy atom. The van der Waals surface area contributed by atoms with Crippen LogP contribution in [0.15, 0.2) is 24.3 Å². The number of ether oxygens (including phenoxy) is 1. The Morgan fingerprint density at radius 3 is 3.00 bits per heavy atom. The minimum atomic E-state index is -0.660. The van der Waals surface area contributed by atoms with Crippen LogP contribution in [0.5, 0.6) is 0 Å². The van der Waals surface area contributed by atoms with Gasteiger partial charge in [0.05, 0.1) is 25.5 Å². The Labute approximate surface area is 146 Å². The first-order valence-corrected chi connectivity index (χ1v) is 9.25. The summed E-state index contributed by atoms with van der Waals surface area (Å²) in [6.07, 6.45) is 2.51. The molecule has 132 valence electrons. The lowest BCUT2D eigenvalue weighted by atomic mass is 9.71. The van der Waals surface area contributed by atoms with Crippen molar-refractivity contribution >= 4 is 11.6 Å². The number of fused-ring (bicyclic) bond motifs is 3. The van der Waals surface area contributed by atoms with Crippen molar-refractivity contribution in [3.05, 3.63) is 29.8 Å². The summed E-state index contributed by atoms with van der Waals surface area (Å²) in [6, 6.07) is 8.23. The summed E-state index contributed by atoms with van der Waals surface area (Å²) in [5, 5.41) is 3.64. The molecule has 7 atom stereocenters. The van der Waals surface area contributed by atoms with Gasteiger partial charge in [0.1, 0.15) is 5.41 Å². The number of amides is 1. The van der Waals surface area contributed by atoms with E-state index in [2.05, 4.69) is 18.1 Å². The quantitative estimate of drug-likeness (QED) is 0.770. The van der Waals surface area contributed by atoms with Crippen molar-refractivity contribution in [2.75, 3.05) is 18.8 Å². The first-order chi connectivity index (χ1) is 12.2. The van der Waals surface area contributed by atoms with Crippen molar-refractivity contribution in [3.63, 3.8) is 0 Å². The molecular formula is C19H22N2O4. The van der Waals surface area contributed by atoms with Gasteiger partial charge in [0.15, 0.2) is 5.72 Å². The van der Waals surface area contributed by atoms with Crippen LogP contribution in [-0.2, 0) is 24.6 Å². The number of benzene rings is 1. The summed E-state index contributed by atoms with van der Waals surface area (Å²) in [5.41, 5.74) is 1.14. The van der Waals surface area contributed by atoms with E-state index >= 15 is 0 Å². The Morgan fingerprint density at radius 1 is 1.36 bits per heavy atom. The van der Waals surface area contributed by atoms with Gasteiger partial charge in [-0.05, 0) is 30.9 Å². The van der Waals surface area contributed by atoms with Crippen molar-refractivity contribution in [1.29, 1.82) is 0 Å². The van der Waals surface area contributed by atoms with Gasteiger partial charge in [0.2, 0.25) is 0 Å². The largest absolute Gasteiger partial charge is 0.376 e. The topological polar surface area (TPSA) is 54.3 Å². The molecule has 5 aliphatic heterocycles. The summed E-state index contributed by atoms with van der Waals surface area (Å²) < 4.78 is 6.31. The SMILES string of the molecule is CCC12ON1C1CC3(C(=O)N(OC)c4ccccc43)C3CC2C1CO3. The lowest BCUT2D eigenvalue weighted by Gasteiger charge is -2.39. The molecule has 1 amide bonds. The number of hydrogen-bond acceptors (Lipinski definition) is 5. The van der Waals surface area contributed by atoms with Crippen molar-refractivity contribution in [3.8, 4) is 0 Å². The molecule has 7 rings (SSSR count). The highest BCUT2D eigenvalue weighted by molar-refractivity contribution is 6.07. The lowest BCUT2D eigenvalue weighted by molar-refractivity contribution is -0.139. The fourth-order valence-corrected chi connectivity index (χ4v) is 6.26. The molecule has 4 saturated heterocycles. The highest BCUT2D eigenvalue weighted by atomic mass is 16.9. The van der Waals surface area contributed by atoms with E-state index in [0.29, 0.717) is 11.8 Å². The van der Waals surface area contributed by atoms with E-state index in [-0.39, 0.29) is 23.8 Å². The first-order valence-electron chi connectivity index (χ1n) is 9.25. The van der Waals surface area contributed by atoms with Crippen LogP contribution in [0.1, 0.15) is 31.7 Å². The molecule has 6 aliphatic rings. The molecule has 4 bridgehead atoms. The average Bonchev–Trinajstić information content (AvgIpc) is 3.32. The molecule has 0 radical (unpaired) electrons. The Balaban J connectivity index is 1.53. The molecule has 7 unspecified atom stereocenters. The van der Waals surface area contributed by atoms with Crippen molar-refractivity contribution in [2.24, 2.45) is 11.8 Å². The molecule has 1 aromatic rings. The van der Waals surface area contributed by atoms with Crippen molar-refractivity contribution < 1.29 is 19.2 Å². The zero-order chi connectivity index (χ0) is 17.0. The molecular weight excluding hydrogens is 320 g/mol. The Hall–Kier alpha value is -1.47. The van der Waals surface area contributed by atoms with E-state index in [4.69, 9.17) is 14.4 Å². The third-order valence-corrected chi connectivity index (χ3v) is 7.39. The van der Waals surface area contributed by atoms with E-state index in [0.717, 1.165) is 37.1 Å². The molecule has 0 aromatic heterocycles. The maximum absolute atomic E-state index is 13.5. The standard InChI is InChI=1S/C19H22N2O4/c1-3-19-13-8-16-18(9-15(21(19)25-19)11(13)10-24-16)12-6-4-5-7-14(12)20(23-2)17(18)22/h4-7,11,13,15-16H,3,8-10H2,1-2H3. The van der Waals surface area contributed by atoms with Gasteiger partial charge >= 0.3 is 0 Å². The van der Waals surface area contributed by atoms with E-state index in [9.17, 15) is 4.79 Å². The smallest absolute Gasteiger partial charge is 0.264 e. The first kappa shape index (κ1) is 14.7. The molecule has 25 heavy (non-hydrogen) atoms. The highest BCUT2D eigenvalue weighted by Gasteiger charge is 2.77. The summed E-state index contributed by atoms with van der Waals surface area (Å²) in [4.78, 5) is 25.1. The molecule has 1 aliphatic carbocycles. The molecule has 5 heterocycles. The third kappa shape index (κ3) is 1.43. The molecule has 5 fully saturated rings. The maximum atomic E-state index is 13.5. The molecule has 0 N–H and O–H groups in total. The van der Waals surface area contributed by atoms with Gasteiger partial charge in [-0.25, -0.2) is 0 Å². The summed E-state index contributed by atoms with van der Waals surface area (Å²) in [5.74, 6) is 0.927. The number of rotatable bonds is 2. The van der Waals surface area contributed by atoms with E-state index in [1.165, 1.54) is 5.06 Å². The normalized spacial score (nSPS) is 48.6. The van der Waals surface area contributed by atoms with E-state index < -0.39 is 5.41 Å². The van der Waals surface area contributed by atoms with Crippen LogP contribution >= 0.6 is 0 Å². The van der Waals surface area contributed by atoms with Gasteiger partial charge in [0, 0.05) is 17.9 Å².